The maximum atomic E-state index is 5.84. The predicted molar refractivity (Wildman–Crippen MR) is 93.7 cm³/mol. The lowest BCUT2D eigenvalue weighted by atomic mass is 10.2. The summed E-state index contributed by atoms with van der Waals surface area (Å²) in [5.41, 5.74) is 2.43. The van der Waals surface area contributed by atoms with Gasteiger partial charge in [-0.25, -0.2) is 9.97 Å². The lowest BCUT2D eigenvalue weighted by Gasteiger charge is -2.21. The number of rotatable bonds is 4. The van der Waals surface area contributed by atoms with E-state index in [4.69, 9.17) is 23.2 Å². The lowest BCUT2D eigenvalue weighted by molar-refractivity contribution is 0.247. The molecule has 1 aliphatic rings. The van der Waals surface area contributed by atoms with E-state index < -0.39 is 0 Å². The van der Waals surface area contributed by atoms with Crippen LogP contribution < -0.4 is 0 Å². The van der Waals surface area contributed by atoms with Crippen LogP contribution in [0.15, 0.2) is 36.7 Å². The molecular formula is C17H20Cl2N4. The first-order chi connectivity index (χ1) is 11.2. The number of aromatic nitrogens is 2. The third-order valence-corrected chi connectivity index (χ3v) is 4.52. The average Bonchev–Trinajstić information content (AvgIpc) is 2.77. The van der Waals surface area contributed by atoms with E-state index >= 15 is 0 Å². The van der Waals surface area contributed by atoms with Crippen molar-refractivity contribution in [1.29, 1.82) is 0 Å². The summed E-state index contributed by atoms with van der Waals surface area (Å²) in [4.78, 5) is 13.3. The molecular weight excluding hydrogens is 331 g/mol. The highest BCUT2D eigenvalue weighted by atomic mass is 35.5. The van der Waals surface area contributed by atoms with Gasteiger partial charge >= 0.3 is 0 Å². The van der Waals surface area contributed by atoms with E-state index in [2.05, 4.69) is 31.9 Å². The fraction of sp³-hybridized carbons (Fsp3) is 0.412. The normalized spacial score (nSPS) is 17.1. The minimum Gasteiger partial charge on any atom is -0.298 e. The van der Waals surface area contributed by atoms with Gasteiger partial charge in [0.15, 0.2) is 0 Å². The first kappa shape index (κ1) is 16.7. The number of hydrogen-bond acceptors (Lipinski definition) is 4. The lowest BCUT2D eigenvalue weighted by Crippen LogP contribution is -2.30. The highest BCUT2D eigenvalue weighted by Crippen LogP contribution is 2.13. The second-order valence-electron chi connectivity index (χ2n) is 5.88. The Kier molecular flexibility index (Phi) is 5.84. The molecule has 0 spiro atoms. The topological polar surface area (TPSA) is 32.3 Å². The van der Waals surface area contributed by atoms with Gasteiger partial charge in [-0.3, -0.25) is 9.80 Å². The zero-order valence-corrected chi connectivity index (χ0v) is 14.5. The summed E-state index contributed by atoms with van der Waals surface area (Å²) in [6, 6.07) is 7.82. The van der Waals surface area contributed by atoms with E-state index in [1.54, 1.807) is 0 Å². The van der Waals surface area contributed by atoms with Crippen molar-refractivity contribution in [2.75, 3.05) is 26.2 Å². The van der Waals surface area contributed by atoms with Crippen LogP contribution in [-0.4, -0.2) is 45.9 Å². The fourth-order valence-corrected chi connectivity index (χ4v) is 3.08. The van der Waals surface area contributed by atoms with Crippen LogP contribution in [0.5, 0.6) is 0 Å². The van der Waals surface area contributed by atoms with Crippen LogP contribution in [-0.2, 0) is 13.1 Å². The van der Waals surface area contributed by atoms with Crippen LogP contribution >= 0.6 is 23.2 Å². The molecule has 0 saturated carbocycles. The van der Waals surface area contributed by atoms with Gasteiger partial charge < -0.3 is 0 Å². The Hall–Kier alpha value is -1.20. The molecule has 2 aromatic heterocycles. The van der Waals surface area contributed by atoms with Gasteiger partial charge in [0.25, 0.3) is 0 Å². The molecule has 0 unspecified atom stereocenters. The molecule has 0 aromatic carbocycles. The van der Waals surface area contributed by atoms with E-state index in [1.807, 2.05) is 24.5 Å². The van der Waals surface area contributed by atoms with Crippen molar-refractivity contribution in [3.05, 3.63) is 58.1 Å². The third kappa shape index (κ3) is 5.15. The van der Waals surface area contributed by atoms with Gasteiger partial charge in [0.2, 0.25) is 0 Å². The second kappa shape index (κ2) is 8.06. The summed E-state index contributed by atoms with van der Waals surface area (Å²) in [6.07, 6.45) is 4.90. The Balaban J connectivity index is 1.52. The van der Waals surface area contributed by atoms with Crippen molar-refractivity contribution >= 4 is 23.2 Å². The Bertz CT molecular complexity index is 560. The van der Waals surface area contributed by atoms with Gasteiger partial charge in [0, 0.05) is 38.6 Å². The van der Waals surface area contributed by atoms with E-state index in [9.17, 15) is 0 Å². The number of halogens is 2. The molecule has 0 N–H and O–H groups in total. The molecule has 23 heavy (non-hydrogen) atoms. The molecule has 1 fully saturated rings. The molecule has 122 valence electrons. The smallest absolute Gasteiger partial charge is 0.129 e. The van der Waals surface area contributed by atoms with Gasteiger partial charge in [-0.1, -0.05) is 35.3 Å². The highest BCUT2D eigenvalue weighted by molar-refractivity contribution is 6.29. The standard InChI is InChI=1S/C17H20Cl2N4/c18-16-4-2-14(10-20-16)12-22-6-1-7-23(9-8-22)13-15-3-5-17(19)21-11-15/h2-5,10-11H,1,6-9,12-13H2. The van der Waals surface area contributed by atoms with E-state index in [-0.39, 0.29) is 0 Å². The molecule has 0 amide bonds. The molecule has 0 atom stereocenters. The molecule has 3 heterocycles. The zero-order valence-electron chi connectivity index (χ0n) is 13.0. The summed E-state index contributed by atoms with van der Waals surface area (Å²) in [6.45, 7) is 6.20. The van der Waals surface area contributed by atoms with Crippen molar-refractivity contribution in [3.8, 4) is 0 Å². The molecule has 6 heteroatoms. The largest absolute Gasteiger partial charge is 0.298 e. The molecule has 0 bridgehead atoms. The molecule has 2 aromatic rings. The van der Waals surface area contributed by atoms with Crippen molar-refractivity contribution in [2.45, 2.75) is 19.5 Å². The zero-order chi connectivity index (χ0) is 16.1. The molecule has 0 aliphatic carbocycles. The minimum atomic E-state index is 0.548. The van der Waals surface area contributed by atoms with Crippen molar-refractivity contribution < 1.29 is 0 Å². The molecule has 1 aliphatic heterocycles. The Morgan fingerprint density at radius 2 is 1.22 bits per heavy atom. The van der Waals surface area contributed by atoms with Crippen molar-refractivity contribution in [2.24, 2.45) is 0 Å². The summed E-state index contributed by atoms with van der Waals surface area (Å²) in [5, 5.41) is 1.10. The van der Waals surface area contributed by atoms with E-state index in [1.165, 1.54) is 17.5 Å². The van der Waals surface area contributed by atoms with E-state index in [0.29, 0.717) is 10.3 Å². The predicted octanol–water partition coefficient (Wildman–Crippen LogP) is 3.49. The Morgan fingerprint density at radius 3 is 1.61 bits per heavy atom. The van der Waals surface area contributed by atoms with Gasteiger partial charge in [-0.15, -0.1) is 0 Å². The summed E-state index contributed by atoms with van der Waals surface area (Å²) >= 11 is 11.7. The van der Waals surface area contributed by atoms with Crippen LogP contribution in [0.4, 0.5) is 0 Å². The molecule has 3 rings (SSSR count). The van der Waals surface area contributed by atoms with Gasteiger partial charge in [-0.05, 0) is 42.8 Å². The Labute approximate surface area is 147 Å². The van der Waals surface area contributed by atoms with Crippen molar-refractivity contribution in [3.63, 3.8) is 0 Å². The number of nitrogens with zero attached hydrogens (tertiary/aromatic N) is 4. The SMILES string of the molecule is Clc1ccc(CN2CCCN(Cc3ccc(Cl)nc3)CC2)cn1. The quantitative estimate of drug-likeness (QED) is 0.790. The van der Waals surface area contributed by atoms with E-state index in [0.717, 1.165) is 39.3 Å². The van der Waals surface area contributed by atoms with Crippen LogP contribution in [0.1, 0.15) is 17.5 Å². The maximum absolute atomic E-state index is 5.84. The third-order valence-electron chi connectivity index (χ3n) is 4.07. The fourth-order valence-electron chi connectivity index (χ4n) is 2.86. The minimum absolute atomic E-state index is 0.548. The number of pyridine rings is 2. The van der Waals surface area contributed by atoms with Gasteiger partial charge in [0.05, 0.1) is 0 Å². The van der Waals surface area contributed by atoms with Crippen LogP contribution in [0.3, 0.4) is 0 Å². The first-order valence-electron chi connectivity index (χ1n) is 7.84. The molecule has 1 saturated heterocycles. The molecule has 4 nitrogen and oxygen atoms in total. The maximum Gasteiger partial charge on any atom is 0.129 e. The average molecular weight is 351 g/mol. The monoisotopic (exact) mass is 350 g/mol. The highest BCUT2D eigenvalue weighted by Gasteiger charge is 2.15. The summed E-state index contributed by atoms with van der Waals surface area (Å²) in [5.74, 6) is 0. The molecule has 0 radical (unpaired) electrons. The summed E-state index contributed by atoms with van der Waals surface area (Å²) in [7, 11) is 0. The van der Waals surface area contributed by atoms with Gasteiger partial charge in [0.1, 0.15) is 10.3 Å². The van der Waals surface area contributed by atoms with Gasteiger partial charge in [-0.2, -0.15) is 0 Å². The summed E-state index contributed by atoms with van der Waals surface area (Å²) < 4.78 is 0. The number of hydrogen-bond donors (Lipinski definition) is 0. The van der Waals surface area contributed by atoms with Crippen molar-refractivity contribution in [1.82, 2.24) is 19.8 Å². The van der Waals surface area contributed by atoms with Crippen LogP contribution in [0.25, 0.3) is 0 Å². The second-order valence-corrected chi connectivity index (χ2v) is 6.66. The van der Waals surface area contributed by atoms with Crippen LogP contribution in [0, 0.1) is 0 Å². The Morgan fingerprint density at radius 1 is 0.739 bits per heavy atom. The first-order valence-corrected chi connectivity index (χ1v) is 8.60. The van der Waals surface area contributed by atoms with Crippen LogP contribution in [0.2, 0.25) is 10.3 Å².